The predicted octanol–water partition coefficient (Wildman–Crippen LogP) is 5.84. The molecule has 1 fully saturated rings. The first kappa shape index (κ1) is 28.9. The van der Waals surface area contributed by atoms with Crippen molar-refractivity contribution in [1.29, 1.82) is 0 Å². The topological polar surface area (TPSA) is 67.2 Å². The van der Waals surface area contributed by atoms with Crippen LogP contribution in [0.25, 0.3) is 5.69 Å². The molecule has 0 bridgehead atoms. The van der Waals surface area contributed by atoms with E-state index in [0.29, 0.717) is 36.7 Å². The van der Waals surface area contributed by atoms with Gasteiger partial charge in [0.25, 0.3) is 5.91 Å². The second-order valence-corrected chi connectivity index (χ2v) is 9.86. The molecule has 12 heteroatoms. The van der Waals surface area contributed by atoms with E-state index >= 15 is 0 Å². The van der Waals surface area contributed by atoms with Gasteiger partial charge < -0.3 is 15.0 Å². The quantitative estimate of drug-likeness (QED) is 0.437. The summed E-state index contributed by atoms with van der Waals surface area (Å²) in [5, 5.41) is 13.4. The first-order valence-electron chi connectivity index (χ1n) is 12.1. The van der Waals surface area contributed by atoms with Crippen LogP contribution in [0.5, 0.6) is 0 Å². The summed E-state index contributed by atoms with van der Waals surface area (Å²) in [6.07, 6.45) is -9.64. The third-order valence-electron chi connectivity index (χ3n) is 7.00. The van der Waals surface area contributed by atoms with Gasteiger partial charge in [0.05, 0.1) is 11.3 Å². The lowest BCUT2D eigenvalue weighted by atomic mass is 9.79. The number of aromatic nitrogens is 2. The van der Waals surface area contributed by atoms with Gasteiger partial charge in [-0.3, -0.25) is 4.79 Å². The van der Waals surface area contributed by atoms with Gasteiger partial charge in [-0.25, -0.2) is 9.37 Å². The monoisotopic (exact) mass is 537 g/mol. The van der Waals surface area contributed by atoms with Crippen LogP contribution in [0.15, 0.2) is 18.2 Å². The summed E-state index contributed by atoms with van der Waals surface area (Å²) in [4.78, 5) is 17.2. The number of halogens is 7. The summed E-state index contributed by atoms with van der Waals surface area (Å²) in [6, 6.07) is 2.91. The van der Waals surface area contributed by atoms with Gasteiger partial charge in [-0.1, -0.05) is 19.9 Å². The Hall–Kier alpha value is -2.63. The van der Waals surface area contributed by atoms with Crippen molar-refractivity contribution >= 4 is 5.91 Å². The van der Waals surface area contributed by atoms with E-state index in [9.17, 15) is 40.6 Å². The molecular weight excluding hydrogens is 507 g/mol. The molecule has 1 aliphatic rings. The number of nitrogens with zero attached hydrogens (tertiary/aromatic N) is 2. The van der Waals surface area contributed by atoms with Gasteiger partial charge in [0.1, 0.15) is 17.3 Å². The second kappa shape index (κ2) is 10.6. The number of aryl methyl sites for hydroxylation is 1. The molecule has 1 heterocycles. The standard InChI is InChI=1S/C25H30F7N3O2/c1-4-20-34-21(22(36)33-13-23(37)9-7-14(2)8-10-23)15(3)35(20)17-6-5-16(18(26)12-17)11-19(24(27,28)29)25(30,31)32/h5-6,12,14,19,37H,4,7-11,13H2,1-3H3,(H,33,36). The molecule has 1 amide bonds. The molecule has 5 nitrogen and oxygen atoms in total. The summed E-state index contributed by atoms with van der Waals surface area (Å²) >= 11 is 0. The van der Waals surface area contributed by atoms with Crippen LogP contribution in [-0.4, -0.2) is 45.1 Å². The number of imidazole rings is 1. The Morgan fingerprint density at radius 1 is 1.19 bits per heavy atom. The number of alkyl halides is 6. The van der Waals surface area contributed by atoms with Crippen molar-refractivity contribution < 1.29 is 40.6 Å². The highest BCUT2D eigenvalue weighted by atomic mass is 19.4. The van der Waals surface area contributed by atoms with Gasteiger partial charge in [-0.2, -0.15) is 26.3 Å². The van der Waals surface area contributed by atoms with Crippen LogP contribution in [0.1, 0.15) is 67.1 Å². The van der Waals surface area contributed by atoms with Crippen LogP contribution in [-0.2, 0) is 12.8 Å². The number of nitrogens with one attached hydrogen (secondary N) is 1. The molecule has 1 aromatic carbocycles. The van der Waals surface area contributed by atoms with Crippen molar-refractivity contribution in [3.05, 3.63) is 46.8 Å². The van der Waals surface area contributed by atoms with Crippen molar-refractivity contribution in [3.8, 4) is 5.69 Å². The number of aliphatic hydroxyl groups is 1. The fourth-order valence-electron chi connectivity index (χ4n) is 4.64. The molecule has 0 spiro atoms. The lowest BCUT2D eigenvalue weighted by molar-refractivity contribution is -0.283. The average Bonchev–Trinajstić information content (AvgIpc) is 3.13. The predicted molar refractivity (Wildman–Crippen MR) is 122 cm³/mol. The average molecular weight is 538 g/mol. The van der Waals surface area contributed by atoms with Gasteiger partial charge in [0.2, 0.25) is 0 Å². The maximum Gasteiger partial charge on any atom is 0.400 e. The molecule has 2 aromatic rings. The van der Waals surface area contributed by atoms with Crippen LogP contribution in [0.4, 0.5) is 30.7 Å². The molecule has 2 N–H and O–H groups in total. The van der Waals surface area contributed by atoms with E-state index in [2.05, 4.69) is 17.2 Å². The number of rotatable bonds is 7. The largest absolute Gasteiger partial charge is 0.400 e. The zero-order valence-electron chi connectivity index (χ0n) is 20.7. The van der Waals surface area contributed by atoms with E-state index in [-0.39, 0.29) is 17.9 Å². The van der Waals surface area contributed by atoms with E-state index in [0.717, 1.165) is 25.0 Å². The zero-order chi connectivity index (χ0) is 27.8. The second-order valence-electron chi connectivity index (χ2n) is 9.86. The van der Waals surface area contributed by atoms with Crippen LogP contribution < -0.4 is 5.32 Å². The molecule has 0 saturated heterocycles. The summed E-state index contributed by atoms with van der Waals surface area (Å²) in [5.74, 6) is -4.62. The van der Waals surface area contributed by atoms with E-state index < -0.39 is 47.6 Å². The van der Waals surface area contributed by atoms with Crippen LogP contribution in [0, 0.1) is 24.6 Å². The molecule has 1 saturated carbocycles. The van der Waals surface area contributed by atoms with Crippen LogP contribution in [0.3, 0.4) is 0 Å². The van der Waals surface area contributed by atoms with Gasteiger partial charge in [0.15, 0.2) is 5.92 Å². The minimum atomic E-state index is -5.58. The number of hydrogen-bond donors (Lipinski definition) is 2. The highest BCUT2D eigenvalue weighted by molar-refractivity contribution is 5.93. The highest BCUT2D eigenvalue weighted by Crippen LogP contribution is 2.41. The summed E-state index contributed by atoms with van der Waals surface area (Å²) in [5.41, 5.74) is -1.29. The lowest BCUT2D eigenvalue weighted by Crippen LogP contribution is -2.45. The molecule has 0 aliphatic heterocycles. The highest BCUT2D eigenvalue weighted by Gasteiger charge is 2.56. The van der Waals surface area contributed by atoms with E-state index in [1.165, 1.54) is 10.6 Å². The molecule has 0 radical (unpaired) electrons. The number of hydrogen-bond acceptors (Lipinski definition) is 3. The lowest BCUT2D eigenvalue weighted by Gasteiger charge is -2.34. The van der Waals surface area contributed by atoms with Crippen molar-refractivity contribution in [2.45, 2.75) is 77.2 Å². The fraction of sp³-hybridized carbons (Fsp3) is 0.600. The number of carbonyl (C=O) groups is 1. The fourth-order valence-corrected chi connectivity index (χ4v) is 4.64. The van der Waals surface area contributed by atoms with E-state index in [1.807, 2.05) is 0 Å². The number of carbonyl (C=O) groups excluding carboxylic acids is 1. The maximum atomic E-state index is 14.7. The Labute approximate surface area is 210 Å². The Morgan fingerprint density at radius 2 is 1.78 bits per heavy atom. The third-order valence-corrected chi connectivity index (χ3v) is 7.00. The molecule has 1 aromatic heterocycles. The normalized spacial score (nSPS) is 20.9. The number of benzene rings is 1. The van der Waals surface area contributed by atoms with Crippen molar-refractivity contribution in [2.75, 3.05) is 6.54 Å². The number of amides is 1. The Bertz CT molecular complexity index is 1100. The first-order chi connectivity index (χ1) is 17.1. The molecule has 0 atom stereocenters. The van der Waals surface area contributed by atoms with Crippen molar-refractivity contribution in [1.82, 2.24) is 14.9 Å². The molecule has 3 rings (SSSR count). The molecule has 37 heavy (non-hydrogen) atoms. The first-order valence-corrected chi connectivity index (χ1v) is 12.1. The summed E-state index contributed by atoms with van der Waals surface area (Å²) in [7, 11) is 0. The van der Waals surface area contributed by atoms with Crippen molar-refractivity contribution in [3.63, 3.8) is 0 Å². The summed E-state index contributed by atoms with van der Waals surface area (Å²) < 4.78 is 93.7. The third kappa shape index (κ3) is 6.63. The van der Waals surface area contributed by atoms with Crippen LogP contribution >= 0.6 is 0 Å². The minimum Gasteiger partial charge on any atom is -0.388 e. The SMILES string of the molecule is CCc1nc(C(=O)NCC2(O)CCC(C)CC2)c(C)n1-c1ccc(CC(C(F)(F)F)C(F)(F)F)c(F)c1. The zero-order valence-corrected chi connectivity index (χ0v) is 20.7. The van der Waals surface area contributed by atoms with Gasteiger partial charge in [-0.15, -0.1) is 0 Å². The van der Waals surface area contributed by atoms with Crippen LogP contribution in [0.2, 0.25) is 0 Å². The van der Waals surface area contributed by atoms with Gasteiger partial charge in [0, 0.05) is 18.7 Å². The van der Waals surface area contributed by atoms with Crippen molar-refractivity contribution in [2.24, 2.45) is 11.8 Å². The maximum absolute atomic E-state index is 14.7. The molecule has 206 valence electrons. The molecule has 1 aliphatic carbocycles. The summed E-state index contributed by atoms with van der Waals surface area (Å²) in [6.45, 7) is 5.41. The minimum absolute atomic E-state index is 0.0309. The van der Waals surface area contributed by atoms with Gasteiger partial charge in [-0.05, 0) is 62.6 Å². The van der Waals surface area contributed by atoms with Gasteiger partial charge >= 0.3 is 12.4 Å². The Morgan fingerprint density at radius 3 is 2.30 bits per heavy atom. The smallest absolute Gasteiger partial charge is 0.388 e. The Balaban J connectivity index is 1.84. The van der Waals surface area contributed by atoms with E-state index in [1.54, 1.807) is 13.8 Å². The van der Waals surface area contributed by atoms with E-state index in [4.69, 9.17) is 0 Å². The molecule has 0 unspecified atom stereocenters. The molecular formula is C25H30F7N3O2. The Kier molecular flexibility index (Phi) is 8.31.